The Bertz CT molecular complexity index is 727. The zero-order valence-electron chi connectivity index (χ0n) is 13.4. The van der Waals surface area contributed by atoms with Crippen LogP contribution in [0.5, 0.6) is 0 Å². The molecule has 1 saturated heterocycles. The molecule has 0 radical (unpaired) electrons. The van der Waals surface area contributed by atoms with E-state index in [2.05, 4.69) is 16.3 Å². The number of hydrogen-bond donors (Lipinski definition) is 1. The molecule has 1 amide bonds. The third kappa shape index (κ3) is 3.92. The van der Waals surface area contributed by atoms with Gasteiger partial charge in [-0.05, 0) is 42.0 Å². The van der Waals surface area contributed by atoms with Gasteiger partial charge in [-0.3, -0.25) is 4.79 Å². The number of benzene rings is 2. The summed E-state index contributed by atoms with van der Waals surface area (Å²) in [5.74, 6) is -0.142. The molecule has 2 aromatic carbocycles. The van der Waals surface area contributed by atoms with Crippen LogP contribution in [0.15, 0.2) is 48.5 Å². The van der Waals surface area contributed by atoms with Crippen LogP contribution >= 0.6 is 0 Å². The van der Waals surface area contributed by atoms with Gasteiger partial charge in [0.15, 0.2) is 0 Å². The Kier molecular flexibility index (Phi) is 5.09. The zero-order chi connectivity index (χ0) is 16.8. The van der Waals surface area contributed by atoms with E-state index in [1.54, 1.807) is 0 Å². The van der Waals surface area contributed by atoms with Gasteiger partial charge in [-0.2, -0.15) is 5.26 Å². The van der Waals surface area contributed by atoms with Crippen LogP contribution in [0.3, 0.4) is 0 Å². The van der Waals surface area contributed by atoms with Crippen LogP contribution in [0.1, 0.15) is 15.9 Å². The van der Waals surface area contributed by atoms with Gasteiger partial charge in [-0.1, -0.05) is 12.1 Å². The van der Waals surface area contributed by atoms with Crippen LogP contribution in [0.25, 0.3) is 0 Å². The Morgan fingerprint density at radius 1 is 1.08 bits per heavy atom. The lowest BCUT2D eigenvalue weighted by atomic mass is 10.1. The van der Waals surface area contributed by atoms with Gasteiger partial charge in [0.2, 0.25) is 0 Å². The van der Waals surface area contributed by atoms with Crippen LogP contribution in [0.2, 0.25) is 0 Å². The maximum absolute atomic E-state index is 12.3. The minimum atomic E-state index is -0.142. The molecule has 0 saturated carbocycles. The van der Waals surface area contributed by atoms with E-state index in [4.69, 9.17) is 10.00 Å². The molecule has 0 aromatic heterocycles. The second-order valence-electron chi connectivity index (χ2n) is 5.63. The second-order valence-corrected chi connectivity index (χ2v) is 5.63. The first-order valence-electron chi connectivity index (χ1n) is 7.96. The van der Waals surface area contributed by atoms with E-state index < -0.39 is 0 Å². The molecule has 1 aliphatic rings. The van der Waals surface area contributed by atoms with Crippen molar-refractivity contribution in [1.82, 2.24) is 0 Å². The maximum atomic E-state index is 12.3. The summed E-state index contributed by atoms with van der Waals surface area (Å²) >= 11 is 0. The predicted octanol–water partition coefficient (Wildman–Crippen LogP) is 2.84. The molecule has 3 rings (SSSR count). The van der Waals surface area contributed by atoms with Crippen LogP contribution in [-0.4, -0.2) is 32.2 Å². The van der Waals surface area contributed by atoms with Crippen LogP contribution < -0.4 is 10.2 Å². The summed E-state index contributed by atoms with van der Waals surface area (Å²) in [6.45, 7) is 3.23. The molecule has 122 valence electrons. The van der Waals surface area contributed by atoms with Crippen molar-refractivity contribution < 1.29 is 9.53 Å². The fourth-order valence-electron chi connectivity index (χ4n) is 2.65. The van der Waals surface area contributed by atoms with Gasteiger partial charge in [0.05, 0.1) is 25.7 Å². The molecule has 24 heavy (non-hydrogen) atoms. The minimum Gasteiger partial charge on any atom is -0.378 e. The van der Waals surface area contributed by atoms with Crippen LogP contribution in [0.4, 0.5) is 11.4 Å². The van der Waals surface area contributed by atoms with Crippen molar-refractivity contribution in [3.8, 4) is 6.07 Å². The lowest BCUT2D eigenvalue weighted by Gasteiger charge is -2.28. The van der Waals surface area contributed by atoms with E-state index in [0.717, 1.165) is 43.2 Å². The number of carbonyl (C=O) groups is 1. The lowest BCUT2D eigenvalue weighted by Crippen LogP contribution is -2.36. The molecular weight excluding hydrogens is 302 g/mol. The number of nitrogens with one attached hydrogen (secondary N) is 1. The Morgan fingerprint density at radius 2 is 1.75 bits per heavy atom. The Balaban J connectivity index is 1.63. The summed E-state index contributed by atoms with van der Waals surface area (Å²) in [7, 11) is 0. The molecule has 1 N–H and O–H groups in total. The number of rotatable bonds is 4. The molecule has 0 atom stereocenters. The fraction of sp³-hybridized carbons (Fsp3) is 0.263. The quantitative estimate of drug-likeness (QED) is 0.940. The molecule has 1 fully saturated rings. The lowest BCUT2D eigenvalue weighted by molar-refractivity contribution is 0.102. The number of ether oxygens (including phenoxy) is 1. The number of nitrogens with zero attached hydrogens (tertiary/aromatic N) is 2. The van der Waals surface area contributed by atoms with Gasteiger partial charge in [-0.15, -0.1) is 0 Å². The number of nitriles is 1. The third-order valence-corrected chi connectivity index (χ3v) is 4.00. The van der Waals surface area contributed by atoms with Crippen molar-refractivity contribution in [3.05, 3.63) is 59.7 Å². The van der Waals surface area contributed by atoms with E-state index >= 15 is 0 Å². The first kappa shape index (κ1) is 16.0. The Hall–Kier alpha value is -2.84. The predicted molar refractivity (Wildman–Crippen MR) is 93.2 cm³/mol. The van der Waals surface area contributed by atoms with Gasteiger partial charge >= 0.3 is 0 Å². The molecular formula is C19H19N3O2. The van der Waals surface area contributed by atoms with Gasteiger partial charge < -0.3 is 15.0 Å². The molecule has 5 heteroatoms. The number of morpholine rings is 1. The Morgan fingerprint density at radius 3 is 2.38 bits per heavy atom. The van der Waals surface area contributed by atoms with Gasteiger partial charge in [0.1, 0.15) is 0 Å². The van der Waals surface area contributed by atoms with Crippen molar-refractivity contribution in [3.63, 3.8) is 0 Å². The SMILES string of the molecule is N#CCc1ccc(NC(=O)c2ccc(N3CCOCC3)cc2)cc1. The first-order chi connectivity index (χ1) is 11.8. The van der Waals surface area contributed by atoms with Crippen LogP contribution in [0, 0.1) is 11.3 Å². The molecule has 1 heterocycles. The second kappa shape index (κ2) is 7.62. The van der Waals surface area contributed by atoms with Crippen molar-refractivity contribution in [2.75, 3.05) is 36.5 Å². The number of carbonyl (C=O) groups excluding carboxylic acids is 1. The highest BCUT2D eigenvalue weighted by atomic mass is 16.5. The van der Waals surface area contributed by atoms with E-state index in [1.807, 2.05) is 48.5 Å². The van der Waals surface area contributed by atoms with Crippen molar-refractivity contribution >= 4 is 17.3 Å². The summed E-state index contributed by atoms with van der Waals surface area (Å²) in [5.41, 5.74) is 3.38. The smallest absolute Gasteiger partial charge is 0.255 e. The average molecular weight is 321 g/mol. The molecule has 0 spiro atoms. The number of anilines is 2. The van der Waals surface area contributed by atoms with Gasteiger partial charge in [0, 0.05) is 30.0 Å². The van der Waals surface area contributed by atoms with E-state index in [-0.39, 0.29) is 5.91 Å². The molecule has 1 aliphatic heterocycles. The summed E-state index contributed by atoms with van der Waals surface area (Å²) in [4.78, 5) is 14.6. The summed E-state index contributed by atoms with van der Waals surface area (Å²) in [6.07, 6.45) is 0.372. The molecule has 5 nitrogen and oxygen atoms in total. The molecule has 0 bridgehead atoms. The van der Waals surface area contributed by atoms with E-state index in [0.29, 0.717) is 12.0 Å². The van der Waals surface area contributed by atoms with Crippen LogP contribution in [-0.2, 0) is 11.2 Å². The fourth-order valence-corrected chi connectivity index (χ4v) is 2.65. The van der Waals surface area contributed by atoms with Gasteiger partial charge in [-0.25, -0.2) is 0 Å². The molecule has 0 unspecified atom stereocenters. The molecule has 0 aliphatic carbocycles. The topological polar surface area (TPSA) is 65.4 Å². The first-order valence-corrected chi connectivity index (χ1v) is 7.96. The van der Waals surface area contributed by atoms with E-state index in [1.165, 1.54) is 0 Å². The van der Waals surface area contributed by atoms with Crippen molar-refractivity contribution in [2.24, 2.45) is 0 Å². The summed E-state index contributed by atoms with van der Waals surface area (Å²) in [5, 5.41) is 11.5. The highest BCUT2D eigenvalue weighted by Crippen LogP contribution is 2.18. The van der Waals surface area contributed by atoms with Crippen molar-refractivity contribution in [2.45, 2.75) is 6.42 Å². The number of hydrogen-bond acceptors (Lipinski definition) is 4. The maximum Gasteiger partial charge on any atom is 0.255 e. The highest BCUT2D eigenvalue weighted by molar-refractivity contribution is 6.04. The summed E-state index contributed by atoms with van der Waals surface area (Å²) < 4.78 is 5.35. The average Bonchev–Trinajstić information content (AvgIpc) is 2.64. The number of amides is 1. The van der Waals surface area contributed by atoms with E-state index in [9.17, 15) is 4.79 Å². The minimum absolute atomic E-state index is 0.142. The van der Waals surface area contributed by atoms with Gasteiger partial charge in [0.25, 0.3) is 5.91 Å². The third-order valence-electron chi connectivity index (χ3n) is 4.00. The standard InChI is InChI=1S/C19H19N3O2/c20-10-9-15-1-5-17(6-2-15)21-19(23)16-3-7-18(8-4-16)22-11-13-24-14-12-22/h1-8H,9,11-14H2,(H,21,23). The van der Waals surface area contributed by atoms with Crippen molar-refractivity contribution in [1.29, 1.82) is 5.26 Å². The normalized spacial score (nSPS) is 14.0. The Labute approximate surface area is 141 Å². The summed E-state index contributed by atoms with van der Waals surface area (Å²) in [6, 6.07) is 17.0. The molecule has 2 aromatic rings. The zero-order valence-corrected chi connectivity index (χ0v) is 13.4. The largest absolute Gasteiger partial charge is 0.378 e. The monoisotopic (exact) mass is 321 g/mol. The highest BCUT2D eigenvalue weighted by Gasteiger charge is 2.12.